The lowest BCUT2D eigenvalue weighted by molar-refractivity contribution is 0.0921. The van der Waals surface area contributed by atoms with Crippen LogP contribution in [0.3, 0.4) is 0 Å². The van der Waals surface area contributed by atoms with Gasteiger partial charge in [0.25, 0.3) is 0 Å². The highest BCUT2D eigenvalue weighted by Gasteiger charge is 2.28. The summed E-state index contributed by atoms with van der Waals surface area (Å²) < 4.78 is 27.1. The van der Waals surface area contributed by atoms with Crippen LogP contribution in [0.4, 0.5) is 0 Å². The van der Waals surface area contributed by atoms with Crippen LogP contribution >= 0.6 is 0 Å². The third kappa shape index (κ3) is 4.84. The summed E-state index contributed by atoms with van der Waals surface area (Å²) in [6.07, 6.45) is 7.27. The van der Waals surface area contributed by atoms with Gasteiger partial charge in [-0.1, -0.05) is 43.7 Å². The van der Waals surface area contributed by atoms with Crippen molar-refractivity contribution in [3.05, 3.63) is 47.8 Å². The molecule has 2 atom stereocenters. The molecule has 0 unspecified atom stereocenters. The number of aromatic nitrogens is 2. The largest absolute Gasteiger partial charge is 0.318 e. The van der Waals surface area contributed by atoms with Crippen molar-refractivity contribution in [2.24, 2.45) is 0 Å². The standard InChI is InChI=1S/C22H33N3O2S/c1-4-28(26,27)22-23-16-21(17-25-18(2)10-8-11-19(25)3)24(22)15-9-14-20-12-6-5-7-13-20/h5-7,12-13,16,18-19H,4,8-11,14-15,17H2,1-3H3/t18-,19+. The van der Waals surface area contributed by atoms with Crippen molar-refractivity contribution >= 4 is 9.84 Å². The quantitative estimate of drug-likeness (QED) is 0.667. The zero-order valence-electron chi connectivity index (χ0n) is 17.3. The molecular formula is C22H33N3O2S. The summed E-state index contributed by atoms with van der Waals surface area (Å²) in [6, 6.07) is 11.4. The van der Waals surface area contributed by atoms with Crippen LogP contribution < -0.4 is 0 Å². The molecule has 0 aliphatic carbocycles. The average Bonchev–Trinajstić information content (AvgIpc) is 3.09. The van der Waals surface area contributed by atoms with E-state index in [0.717, 1.165) is 25.1 Å². The summed E-state index contributed by atoms with van der Waals surface area (Å²) in [4.78, 5) is 6.84. The second-order valence-corrected chi connectivity index (χ2v) is 10.1. The van der Waals surface area contributed by atoms with Gasteiger partial charge in [-0.15, -0.1) is 0 Å². The minimum Gasteiger partial charge on any atom is -0.318 e. The second kappa shape index (κ2) is 9.23. The predicted molar refractivity (Wildman–Crippen MR) is 113 cm³/mol. The lowest BCUT2D eigenvalue weighted by atomic mass is 9.97. The smallest absolute Gasteiger partial charge is 0.227 e. The Balaban J connectivity index is 1.81. The Morgan fingerprint density at radius 3 is 2.43 bits per heavy atom. The van der Waals surface area contributed by atoms with E-state index >= 15 is 0 Å². The maximum Gasteiger partial charge on any atom is 0.227 e. The Morgan fingerprint density at radius 2 is 1.79 bits per heavy atom. The van der Waals surface area contributed by atoms with E-state index in [9.17, 15) is 8.42 Å². The highest BCUT2D eigenvalue weighted by molar-refractivity contribution is 7.91. The Morgan fingerprint density at radius 1 is 1.11 bits per heavy atom. The molecule has 3 rings (SSSR count). The highest BCUT2D eigenvalue weighted by Crippen LogP contribution is 2.26. The maximum absolute atomic E-state index is 12.6. The molecule has 1 aromatic carbocycles. The summed E-state index contributed by atoms with van der Waals surface area (Å²) >= 11 is 0. The normalized spacial score (nSPS) is 21.1. The van der Waals surface area contributed by atoms with E-state index < -0.39 is 9.84 Å². The average molecular weight is 404 g/mol. The van der Waals surface area contributed by atoms with E-state index in [-0.39, 0.29) is 10.9 Å². The Kier molecular flexibility index (Phi) is 6.94. The van der Waals surface area contributed by atoms with Gasteiger partial charge >= 0.3 is 0 Å². The molecule has 0 amide bonds. The highest BCUT2D eigenvalue weighted by atomic mass is 32.2. The zero-order chi connectivity index (χ0) is 20.1. The molecule has 1 saturated heterocycles. The van der Waals surface area contributed by atoms with Crippen LogP contribution in [0, 0.1) is 0 Å². The number of nitrogens with zero attached hydrogens (tertiary/aromatic N) is 3. The molecule has 5 nitrogen and oxygen atoms in total. The monoisotopic (exact) mass is 403 g/mol. The van der Waals surface area contributed by atoms with E-state index in [1.54, 1.807) is 13.1 Å². The number of imidazole rings is 1. The van der Waals surface area contributed by atoms with E-state index in [1.165, 1.54) is 24.8 Å². The van der Waals surface area contributed by atoms with Crippen molar-refractivity contribution < 1.29 is 8.42 Å². The van der Waals surface area contributed by atoms with Crippen LogP contribution in [0.25, 0.3) is 0 Å². The van der Waals surface area contributed by atoms with Crippen molar-refractivity contribution in [3.8, 4) is 0 Å². The Bertz CT molecular complexity index is 851. The molecule has 2 aromatic rings. The van der Waals surface area contributed by atoms with E-state index in [2.05, 4.69) is 35.9 Å². The van der Waals surface area contributed by atoms with Gasteiger partial charge in [-0.3, -0.25) is 4.90 Å². The molecule has 6 heteroatoms. The summed E-state index contributed by atoms with van der Waals surface area (Å²) in [7, 11) is -3.34. The first-order valence-corrected chi connectivity index (χ1v) is 12.1. The van der Waals surface area contributed by atoms with Crippen molar-refractivity contribution in [1.29, 1.82) is 0 Å². The van der Waals surface area contributed by atoms with E-state index in [0.29, 0.717) is 18.6 Å². The van der Waals surface area contributed by atoms with Crippen molar-refractivity contribution in [2.75, 3.05) is 5.75 Å². The van der Waals surface area contributed by atoms with Gasteiger partial charge < -0.3 is 4.57 Å². The molecule has 1 aliphatic heterocycles. The van der Waals surface area contributed by atoms with Gasteiger partial charge in [0.15, 0.2) is 0 Å². The minimum absolute atomic E-state index is 0.0820. The molecule has 0 spiro atoms. The topological polar surface area (TPSA) is 55.2 Å². The molecule has 0 saturated carbocycles. The second-order valence-electron chi connectivity index (χ2n) is 7.98. The molecule has 154 valence electrons. The number of hydrogen-bond acceptors (Lipinski definition) is 4. The number of benzene rings is 1. The first kappa shape index (κ1) is 21.1. The predicted octanol–water partition coefficient (Wildman–Crippen LogP) is 4.07. The van der Waals surface area contributed by atoms with Gasteiger partial charge in [0.2, 0.25) is 15.0 Å². The number of likely N-dealkylation sites (tertiary alicyclic amines) is 1. The third-order valence-electron chi connectivity index (χ3n) is 5.97. The molecule has 1 aromatic heterocycles. The van der Waals surface area contributed by atoms with Crippen LogP contribution in [0.1, 0.15) is 57.7 Å². The molecule has 2 heterocycles. The molecular weight excluding hydrogens is 370 g/mol. The number of aryl methyl sites for hydroxylation is 1. The molecule has 1 fully saturated rings. The number of rotatable bonds is 8. The first-order chi connectivity index (χ1) is 13.4. The molecule has 0 radical (unpaired) electrons. The number of piperidine rings is 1. The van der Waals surface area contributed by atoms with Gasteiger partial charge in [0.05, 0.1) is 17.6 Å². The summed E-state index contributed by atoms with van der Waals surface area (Å²) in [5.41, 5.74) is 2.29. The van der Waals surface area contributed by atoms with Gasteiger partial charge in [0.1, 0.15) is 0 Å². The van der Waals surface area contributed by atoms with Gasteiger partial charge in [-0.25, -0.2) is 13.4 Å². The van der Waals surface area contributed by atoms with Crippen LogP contribution in [0.5, 0.6) is 0 Å². The fraction of sp³-hybridized carbons (Fsp3) is 0.591. The van der Waals surface area contributed by atoms with Crippen LogP contribution in [-0.4, -0.2) is 40.7 Å². The van der Waals surface area contributed by atoms with Gasteiger partial charge in [0, 0.05) is 25.2 Å². The SMILES string of the molecule is CCS(=O)(=O)c1ncc(CN2[C@H](C)CCC[C@@H]2C)n1CCCc1ccccc1. The maximum atomic E-state index is 12.6. The summed E-state index contributed by atoms with van der Waals surface area (Å²) in [6.45, 7) is 7.67. The molecule has 0 bridgehead atoms. The summed E-state index contributed by atoms with van der Waals surface area (Å²) in [5.74, 6) is 0.0820. The minimum atomic E-state index is -3.34. The Labute approximate surface area is 169 Å². The number of sulfone groups is 1. The van der Waals surface area contributed by atoms with E-state index in [4.69, 9.17) is 0 Å². The van der Waals surface area contributed by atoms with Gasteiger partial charge in [-0.05, 0) is 45.1 Å². The van der Waals surface area contributed by atoms with Crippen molar-refractivity contribution in [1.82, 2.24) is 14.5 Å². The van der Waals surface area contributed by atoms with Crippen molar-refractivity contribution in [3.63, 3.8) is 0 Å². The third-order valence-corrected chi connectivity index (χ3v) is 7.61. The molecule has 1 aliphatic rings. The van der Waals surface area contributed by atoms with Crippen molar-refractivity contribution in [2.45, 2.75) is 83.2 Å². The first-order valence-electron chi connectivity index (χ1n) is 10.5. The Hall–Kier alpha value is -1.66. The molecule has 0 N–H and O–H groups in total. The van der Waals surface area contributed by atoms with Gasteiger partial charge in [-0.2, -0.15) is 0 Å². The van der Waals surface area contributed by atoms with Crippen LogP contribution in [-0.2, 0) is 29.3 Å². The lowest BCUT2D eigenvalue weighted by Crippen LogP contribution is -2.43. The molecule has 28 heavy (non-hydrogen) atoms. The lowest BCUT2D eigenvalue weighted by Gasteiger charge is -2.39. The fourth-order valence-corrected chi connectivity index (χ4v) is 5.21. The number of hydrogen-bond donors (Lipinski definition) is 0. The fourth-order valence-electron chi connectivity index (χ4n) is 4.19. The zero-order valence-corrected chi connectivity index (χ0v) is 18.2. The summed E-state index contributed by atoms with van der Waals surface area (Å²) in [5, 5.41) is 0.232. The van der Waals surface area contributed by atoms with Crippen LogP contribution in [0.15, 0.2) is 41.7 Å². The van der Waals surface area contributed by atoms with E-state index in [1.807, 2.05) is 22.8 Å². The van der Waals surface area contributed by atoms with Crippen LogP contribution in [0.2, 0.25) is 0 Å².